The van der Waals surface area contributed by atoms with Crippen LogP contribution in [0.4, 0.5) is 11.4 Å². The number of anilines is 2. The lowest BCUT2D eigenvalue weighted by atomic mass is 10.1. The quantitative estimate of drug-likeness (QED) is 0.646. The van der Waals surface area contributed by atoms with Gasteiger partial charge in [0, 0.05) is 17.9 Å². The number of nitrogens with one attached hydrogen (secondary N) is 2. The van der Waals surface area contributed by atoms with E-state index in [9.17, 15) is 8.42 Å². The Bertz CT molecular complexity index is 886. The van der Waals surface area contributed by atoms with Crippen molar-refractivity contribution in [1.29, 1.82) is 0 Å². The summed E-state index contributed by atoms with van der Waals surface area (Å²) in [6.07, 6.45) is 5.21. The van der Waals surface area contributed by atoms with Crippen molar-refractivity contribution in [2.75, 3.05) is 10.0 Å². The van der Waals surface area contributed by atoms with Crippen LogP contribution in [-0.4, -0.2) is 19.8 Å². The van der Waals surface area contributed by atoms with Crippen molar-refractivity contribution in [1.82, 2.24) is 0 Å². The highest BCUT2D eigenvalue weighted by Crippen LogP contribution is 2.27. The monoisotopic (exact) mass is 402 g/mol. The van der Waals surface area contributed by atoms with Crippen LogP contribution < -0.4 is 14.8 Å². The minimum absolute atomic E-state index is 0.366. The van der Waals surface area contributed by atoms with Gasteiger partial charge in [-0.2, -0.15) is 0 Å². The second-order valence-electron chi connectivity index (χ2n) is 7.75. The Morgan fingerprint density at radius 3 is 2.36 bits per heavy atom. The molecule has 1 fully saturated rings. The smallest absolute Gasteiger partial charge is 0.235 e. The second kappa shape index (κ2) is 8.86. The molecule has 0 heterocycles. The number of sulfonamides is 1. The molecule has 0 bridgehead atoms. The minimum Gasteiger partial charge on any atom is -0.490 e. The number of ether oxygens (including phenoxy) is 1. The van der Waals surface area contributed by atoms with Gasteiger partial charge < -0.3 is 10.1 Å². The Morgan fingerprint density at radius 2 is 1.75 bits per heavy atom. The zero-order chi connectivity index (χ0) is 20.1. The molecule has 1 aliphatic carbocycles. The fraction of sp³-hybridized carbons (Fsp3) is 0.455. The molecule has 0 aromatic heterocycles. The van der Waals surface area contributed by atoms with E-state index in [0.717, 1.165) is 35.4 Å². The number of benzene rings is 2. The summed E-state index contributed by atoms with van der Waals surface area (Å²) in [5, 5.41) is 2.98. The number of hydrogen-bond donors (Lipinski definition) is 2. The summed E-state index contributed by atoms with van der Waals surface area (Å²) >= 11 is 0. The summed E-state index contributed by atoms with van der Waals surface area (Å²) in [7, 11) is -3.32. The average molecular weight is 403 g/mol. The Kier molecular flexibility index (Phi) is 6.50. The third-order valence-corrected chi connectivity index (χ3v) is 6.88. The predicted octanol–water partition coefficient (Wildman–Crippen LogP) is 5.08. The van der Waals surface area contributed by atoms with Gasteiger partial charge in [0.2, 0.25) is 10.0 Å². The van der Waals surface area contributed by atoms with E-state index in [4.69, 9.17) is 4.74 Å². The molecule has 2 aromatic rings. The van der Waals surface area contributed by atoms with Gasteiger partial charge in [0.15, 0.2) is 0 Å². The largest absolute Gasteiger partial charge is 0.490 e. The molecule has 5 nitrogen and oxygen atoms in total. The molecule has 1 aliphatic rings. The van der Waals surface area contributed by atoms with Crippen molar-refractivity contribution in [3.05, 3.63) is 53.6 Å². The Labute approximate surface area is 168 Å². The molecule has 28 heavy (non-hydrogen) atoms. The normalized spacial score (nSPS) is 15.0. The van der Waals surface area contributed by atoms with Gasteiger partial charge in [-0.1, -0.05) is 12.1 Å². The second-order valence-corrected chi connectivity index (χ2v) is 9.98. The van der Waals surface area contributed by atoms with Crippen molar-refractivity contribution in [2.45, 2.75) is 64.4 Å². The maximum Gasteiger partial charge on any atom is 0.235 e. The maximum atomic E-state index is 11.9. The minimum atomic E-state index is -3.32. The van der Waals surface area contributed by atoms with Crippen LogP contribution in [0.1, 0.15) is 50.7 Å². The van der Waals surface area contributed by atoms with E-state index < -0.39 is 15.3 Å². The molecule has 152 valence electrons. The lowest BCUT2D eigenvalue weighted by Crippen LogP contribution is -2.22. The van der Waals surface area contributed by atoms with Crippen LogP contribution >= 0.6 is 0 Å². The summed E-state index contributed by atoms with van der Waals surface area (Å²) in [6, 6.07) is 13.6. The van der Waals surface area contributed by atoms with E-state index in [0.29, 0.717) is 18.3 Å². The van der Waals surface area contributed by atoms with E-state index in [-0.39, 0.29) is 0 Å². The Morgan fingerprint density at radius 1 is 1.07 bits per heavy atom. The van der Waals surface area contributed by atoms with Crippen LogP contribution in [0.2, 0.25) is 0 Å². The molecule has 0 saturated heterocycles. The first kappa shape index (κ1) is 20.5. The molecule has 0 unspecified atom stereocenters. The van der Waals surface area contributed by atoms with Crippen LogP contribution in [0, 0.1) is 6.92 Å². The molecule has 2 N–H and O–H groups in total. The summed E-state index contributed by atoms with van der Waals surface area (Å²) in [5.74, 6) is 0.941. The zero-order valence-corrected chi connectivity index (χ0v) is 17.7. The molecule has 2 aromatic carbocycles. The summed E-state index contributed by atoms with van der Waals surface area (Å²) in [6.45, 7) is 6.06. The first-order valence-corrected chi connectivity index (χ1v) is 11.5. The van der Waals surface area contributed by atoms with Gasteiger partial charge >= 0.3 is 0 Å². The summed E-state index contributed by atoms with van der Waals surface area (Å²) in [5.41, 5.74) is 3.89. The Hall–Kier alpha value is -2.21. The lowest BCUT2D eigenvalue weighted by molar-refractivity contribution is 0.210. The Balaban J connectivity index is 1.56. The van der Waals surface area contributed by atoms with Gasteiger partial charge in [0.1, 0.15) is 5.75 Å². The van der Waals surface area contributed by atoms with E-state index in [1.807, 2.05) is 18.2 Å². The van der Waals surface area contributed by atoms with Gasteiger partial charge in [-0.25, -0.2) is 8.42 Å². The van der Waals surface area contributed by atoms with Gasteiger partial charge in [0.05, 0.1) is 11.4 Å². The van der Waals surface area contributed by atoms with E-state index in [1.54, 1.807) is 26.0 Å². The van der Waals surface area contributed by atoms with Gasteiger partial charge in [-0.05, 0) is 87.9 Å². The van der Waals surface area contributed by atoms with E-state index >= 15 is 0 Å². The fourth-order valence-electron chi connectivity index (χ4n) is 3.28. The van der Waals surface area contributed by atoms with Gasteiger partial charge in [-0.3, -0.25) is 4.72 Å². The first-order valence-electron chi connectivity index (χ1n) is 9.95. The number of rotatable bonds is 8. The maximum absolute atomic E-state index is 11.9. The highest BCUT2D eigenvalue weighted by Gasteiger charge is 2.17. The van der Waals surface area contributed by atoms with Gasteiger partial charge in [0.25, 0.3) is 0 Å². The molecule has 1 saturated carbocycles. The third-order valence-electron chi connectivity index (χ3n) is 5.12. The van der Waals surface area contributed by atoms with Gasteiger partial charge in [-0.15, -0.1) is 0 Å². The lowest BCUT2D eigenvalue weighted by Gasteiger charge is -2.16. The topological polar surface area (TPSA) is 67.4 Å². The first-order chi connectivity index (χ1) is 13.3. The highest BCUT2D eigenvalue weighted by atomic mass is 32.2. The predicted molar refractivity (Wildman–Crippen MR) is 116 cm³/mol. The SMILES string of the molecule is Cc1cc(OC2CCCC2)ccc1NCc1ccc(NS(=O)(=O)C(C)C)cc1. The van der Waals surface area contributed by atoms with Crippen LogP contribution in [-0.2, 0) is 16.6 Å². The third kappa shape index (κ3) is 5.41. The molecule has 6 heteroatoms. The van der Waals surface area contributed by atoms with E-state index in [1.165, 1.54) is 12.8 Å². The average Bonchev–Trinajstić information content (AvgIpc) is 3.15. The van der Waals surface area contributed by atoms with Crippen molar-refractivity contribution >= 4 is 21.4 Å². The van der Waals surface area contributed by atoms with E-state index in [2.05, 4.69) is 29.1 Å². The van der Waals surface area contributed by atoms with Crippen LogP contribution in [0.3, 0.4) is 0 Å². The van der Waals surface area contributed by atoms with Crippen molar-refractivity contribution < 1.29 is 13.2 Å². The number of aryl methyl sites for hydroxylation is 1. The van der Waals surface area contributed by atoms with Crippen LogP contribution in [0.15, 0.2) is 42.5 Å². The fourth-order valence-corrected chi connectivity index (χ4v) is 3.98. The van der Waals surface area contributed by atoms with Crippen molar-refractivity contribution in [2.24, 2.45) is 0 Å². The van der Waals surface area contributed by atoms with Crippen LogP contribution in [0.25, 0.3) is 0 Å². The molecular weight excluding hydrogens is 372 g/mol. The molecule has 0 amide bonds. The van der Waals surface area contributed by atoms with Crippen LogP contribution in [0.5, 0.6) is 5.75 Å². The standard InChI is InChI=1S/C22H30N2O3S/c1-16(2)28(25,26)24-19-10-8-18(9-11-19)15-23-22-13-12-21(14-17(22)3)27-20-6-4-5-7-20/h8-14,16,20,23-24H,4-7,15H2,1-3H3. The van der Waals surface area contributed by atoms with Crippen molar-refractivity contribution in [3.8, 4) is 5.75 Å². The van der Waals surface area contributed by atoms with Crippen molar-refractivity contribution in [3.63, 3.8) is 0 Å². The summed E-state index contributed by atoms with van der Waals surface area (Å²) in [4.78, 5) is 0. The molecule has 0 spiro atoms. The highest BCUT2D eigenvalue weighted by molar-refractivity contribution is 7.93. The molecular formula is C22H30N2O3S. The molecule has 0 aliphatic heterocycles. The number of hydrogen-bond acceptors (Lipinski definition) is 4. The molecule has 0 atom stereocenters. The molecule has 3 rings (SSSR count). The zero-order valence-electron chi connectivity index (χ0n) is 16.9. The summed E-state index contributed by atoms with van der Waals surface area (Å²) < 4.78 is 32.5. The molecule has 0 radical (unpaired) electrons.